The molecule has 2 aliphatic heterocycles. The minimum Gasteiger partial charge on any atom is -0.337 e. The second-order valence-electron chi connectivity index (χ2n) is 7.31. The Morgan fingerprint density at radius 2 is 2.00 bits per heavy atom. The van der Waals surface area contributed by atoms with Crippen molar-refractivity contribution in [3.8, 4) is 0 Å². The van der Waals surface area contributed by atoms with E-state index < -0.39 is 0 Å². The van der Waals surface area contributed by atoms with E-state index in [4.69, 9.17) is 4.98 Å². The van der Waals surface area contributed by atoms with Crippen molar-refractivity contribution < 1.29 is 4.79 Å². The number of imidazole rings is 1. The van der Waals surface area contributed by atoms with Crippen LogP contribution < -0.4 is 0 Å². The Kier molecular flexibility index (Phi) is 4.34. The maximum atomic E-state index is 12.6. The molecule has 1 fully saturated rings. The van der Waals surface area contributed by atoms with Gasteiger partial charge in [0.25, 0.3) is 5.91 Å². The quantitative estimate of drug-likeness (QED) is 0.864. The van der Waals surface area contributed by atoms with Crippen LogP contribution >= 0.6 is 0 Å². The zero-order valence-electron chi connectivity index (χ0n) is 15.1. The van der Waals surface area contributed by atoms with E-state index in [1.165, 1.54) is 11.1 Å². The fraction of sp³-hybridized carbons (Fsp3) is 0.500. The van der Waals surface area contributed by atoms with Crippen molar-refractivity contribution in [2.24, 2.45) is 0 Å². The number of carbonyl (C=O) groups excluding carboxylic acids is 1. The molecule has 25 heavy (non-hydrogen) atoms. The van der Waals surface area contributed by atoms with E-state index in [1.807, 2.05) is 11.1 Å². The predicted octanol–water partition coefficient (Wildman–Crippen LogP) is 3.00. The Morgan fingerprint density at radius 1 is 1.20 bits per heavy atom. The van der Waals surface area contributed by atoms with Crippen LogP contribution in [-0.2, 0) is 13.1 Å². The topological polar surface area (TPSA) is 41.4 Å². The minimum absolute atomic E-state index is 0.0943. The Morgan fingerprint density at radius 3 is 2.76 bits per heavy atom. The van der Waals surface area contributed by atoms with Gasteiger partial charge in [-0.15, -0.1) is 0 Å². The molecule has 1 atom stereocenters. The Labute approximate surface area is 149 Å². The van der Waals surface area contributed by atoms with Crippen molar-refractivity contribution in [3.05, 3.63) is 53.1 Å². The van der Waals surface area contributed by atoms with E-state index in [2.05, 4.69) is 47.6 Å². The van der Waals surface area contributed by atoms with Crippen LogP contribution in [-0.4, -0.2) is 44.9 Å². The summed E-state index contributed by atoms with van der Waals surface area (Å²) in [7, 11) is 0. The van der Waals surface area contributed by atoms with Crippen molar-refractivity contribution in [2.45, 2.75) is 45.8 Å². The summed E-state index contributed by atoms with van der Waals surface area (Å²) in [6.07, 6.45) is 4.18. The third kappa shape index (κ3) is 3.21. The molecule has 5 heteroatoms. The fourth-order valence-electron chi connectivity index (χ4n) is 3.98. The molecule has 2 aromatic rings. The number of hydrogen-bond acceptors (Lipinski definition) is 3. The molecule has 0 radical (unpaired) electrons. The molecule has 3 heterocycles. The largest absolute Gasteiger partial charge is 0.337 e. The molecule has 1 saturated heterocycles. The third-order valence-electron chi connectivity index (χ3n) is 5.44. The van der Waals surface area contributed by atoms with Crippen LogP contribution in [0.25, 0.3) is 0 Å². The zero-order valence-corrected chi connectivity index (χ0v) is 15.1. The monoisotopic (exact) mass is 338 g/mol. The van der Waals surface area contributed by atoms with Crippen LogP contribution in [0.5, 0.6) is 0 Å². The maximum absolute atomic E-state index is 12.6. The fourth-order valence-corrected chi connectivity index (χ4v) is 3.98. The molecule has 0 spiro atoms. The van der Waals surface area contributed by atoms with Gasteiger partial charge in [-0.3, -0.25) is 9.69 Å². The number of carbonyl (C=O) groups is 1. The Bertz CT molecular complexity index is 776. The molecule has 132 valence electrons. The number of rotatable bonds is 3. The third-order valence-corrected chi connectivity index (χ3v) is 5.44. The molecular weight excluding hydrogens is 312 g/mol. The highest BCUT2D eigenvalue weighted by atomic mass is 16.2. The van der Waals surface area contributed by atoms with Crippen LogP contribution in [0.15, 0.2) is 30.5 Å². The second-order valence-corrected chi connectivity index (χ2v) is 7.31. The molecule has 1 unspecified atom stereocenters. The van der Waals surface area contributed by atoms with Gasteiger partial charge in [0.05, 0.1) is 6.04 Å². The van der Waals surface area contributed by atoms with E-state index in [0.29, 0.717) is 5.69 Å². The molecule has 1 aromatic heterocycles. The maximum Gasteiger partial charge on any atom is 0.274 e. The lowest BCUT2D eigenvalue weighted by Gasteiger charge is -2.33. The smallest absolute Gasteiger partial charge is 0.274 e. The van der Waals surface area contributed by atoms with Gasteiger partial charge in [0.15, 0.2) is 0 Å². The van der Waals surface area contributed by atoms with Gasteiger partial charge in [0.1, 0.15) is 11.5 Å². The summed E-state index contributed by atoms with van der Waals surface area (Å²) < 4.78 is 2.17. The predicted molar refractivity (Wildman–Crippen MR) is 97.4 cm³/mol. The summed E-state index contributed by atoms with van der Waals surface area (Å²) in [5.41, 5.74) is 3.24. The molecule has 4 rings (SSSR count). The number of fused-ring (bicyclic) bond motifs is 1. The zero-order chi connectivity index (χ0) is 17.4. The molecule has 0 N–H and O–H groups in total. The van der Waals surface area contributed by atoms with Gasteiger partial charge >= 0.3 is 0 Å². The standard InChI is InChI=1S/C20H26N4O/c1-15-6-5-7-17(12-15)13-23-10-11-24-14-18(21-19(24)16(23)2)20(25)22-8-3-4-9-22/h5-7,12,14,16H,3-4,8-11,13H2,1-2H3. The second kappa shape index (κ2) is 6.64. The average Bonchev–Trinajstić information content (AvgIpc) is 3.26. The van der Waals surface area contributed by atoms with Crippen LogP contribution in [0.4, 0.5) is 0 Å². The summed E-state index contributed by atoms with van der Waals surface area (Å²) in [5, 5.41) is 0. The van der Waals surface area contributed by atoms with Crippen LogP contribution in [0.2, 0.25) is 0 Å². The number of nitrogens with zero attached hydrogens (tertiary/aromatic N) is 4. The van der Waals surface area contributed by atoms with Gasteiger partial charge in [-0.25, -0.2) is 4.98 Å². The van der Waals surface area contributed by atoms with E-state index >= 15 is 0 Å². The molecule has 0 saturated carbocycles. The lowest BCUT2D eigenvalue weighted by atomic mass is 10.1. The van der Waals surface area contributed by atoms with Crippen LogP contribution in [0.3, 0.4) is 0 Å². The first-order chi connectivity index (χ1) is 12.1. The summed E-state index contributed by atoms with van der Waals surface area (Å²) in [5.74, 6) is 1.11. The van der Waals surface area contributed by atoms with Gasteiger partial charge in [0.2, 0.25) is 0 Å². The molecule has 0 bridgehead atoms. The normalized spacial score (nSPS) is 20.7. The molecule has 5 nitrogen and oxygen atoms in total. The number of likely N-dealkylation sites (tertiary alicyclic amines) is 1. The van der Waals surface area contributed by atoms with Crippen LogP contribution in [0, 0.1) is 6.92 Å². The molecule has 1 amide bonds. The summed E-state index contributed by atoms with van der Waals surface area (Å²) >= 11 is 0. The average molecular weight is 338 g/mol. The number of aryl methyl sites for hydroxylation is 1. The first kappa shape index (κ1) is 16.3. The lowest BCUT2D eigenvalue weighted by Crippen LogP contribution is -2.36. The van der Waals surface area contributed by atoms with E-state index in [0.717, 1.165) is 51.4 Å². The first-order valence-corrected chi connectivity index (χ1v) is 9.28. The van der Waals surface area contributed by atoms with Gasteiger partial charge < -0.3 is 9.47 Å². The summed E-state index contributed by atoms with van der Waals surface area (Å²) in [6, 6.07) is 8.90. The van der Waals surface area contributed by atoms with Crippen molar-refractivity contribution in [3.63, 3.8) is 0 Å². The first-order valence-electron chi connectivity index (χ1n) is 9.28. The molecule has 2 aliphatic rings. The van der Waals surface area contributed by atoms with Crippen molar-refractivity contribution in [1.29, 1.82) is 0 Å². The SMILES string of the molecule is Cc1cccc(CN2CCn3cc(C(=O)N4CCCC4)nc3C2C)c1. The highest BCUT2D eigenvalue weighted by Crippen LogP contribution is 2.27. The van der Waals surface area contributed by atoms with Gasteiger partial charge in [-0.1, -0.05) is 29.8 Å². The number of hydrogen-bond donors (Lipinski definition) is 0. The number of amides is 1. The Balaban J connectivity index is 1.52. The van der Waals surface area contributed by atoms with E-state index in [-0.39, 0.29) is 11.9 Å². The molecule has 0 aliphatic carbocycles. The van der Waals surface area contributed by atoms with Gasteiger partial charge in [-0.2, -0.15) is 0 Å². The van der Waals surface area contributed by atoms with E-state index in [9.17, 15) is 4.79 Å². The minimum atomic E-state index is 0.0943. The van der Waals surface area contributed by atoms with Gasteiger partial charge in [0, 0.05) is 38.9 Å². The number of benzene rings is 1. The highest BCUT2D eigenvalue weighted by Gasteiger charge is 2.29. The highest BCUT2D eigenvalue weighted by molar-refractivity contribution is 5.92. The summed E-state index contributed by atoms with van der Waals surface area (Å²) in [6.45, 7) is 8.86. The summed E-state index contributed by atoms with van der Waals surface area (Å²) in [4.78, 5) is 21.7. The van der Waals surface area contributed by atoms with Crippen molar-refractivity contribution in [2.75, 3.05) is 19.6 Å². The van der Waals surface area contributed by atoms with Gasteiger partial charge in [-0.05, 0) is 32.3 Å². The molecule has 1 aromatic carbocycles. The van der Waals surface area contributed by atoms with Crippen molar-refractivity contribution >= 4 is 5.91 Å². The molecular formula is C20H26N4O. The number of aromatic nitrogens is 2. The van der Waals surface area contributed by atoms with E-state index in [1.54, 1.807) is 0 Å². The lowest BCUT2D eigenvalue weighted by molar-refractivity contribution is 0.0787. The van der Waals surface area contributed by atoms with Crippen molar-refractivity contribution in [1.82, 2.24) is 19.4 Å². The Hall–Kier alpha value is -2.14. The van der Waals surface area contributed by atoms with Crippen LogP contribution in [0.1, 0.15) is 53.2 Å².